The molecule has 0 aliphatic carbocycles. The number of aliphatic hydroxyl groups is 1. The first-order valence-electron chi connectivity index (χ1n) is 5.70. The van der Waals surface area contributed by atoms with Crippen LogP contribution in [0.25, 0.3) is 0 Å². The molecule has 0 amide bonds. The summed E-state index contributed by atoms with van der Waals surface area (Å²) in [6.45, 7) is 1.85. The Kier molecular flexibility index (Phi) is 3.17. The second-order valence-corrected chi connectivity index (χ2v) is 4.54. The summed E-state index contributed by atoms with van der Waals surface area (Å²) in [5.74, 6) is 0.787. The molecule has 2 rings (SSSR count). The number of likely N-dealkylation sites (tertiary alicyclic amines) is 1. The maximum Gasteiger partial charge on any atom is 0.124 e. The highest BCUT2D eigenvalue weighted by atomic mass is 16.5. The first-order valence-corrected chi connectivity index (χ1v) is 5.70. The molecule has 1 fully saturated rings. The van der Waals surface area contributed by atoms with Crippen LogP contribution < -0.4 is 4.74 Å². The second-order valence-electron chi connectivity index (χ2n) is 4.54. The quantitative estimate of drug-likeness (QED) is 0.823. The molecule has 88 valence electrons. The second kappa shape index (κ2) is 4.44. The van der Waals surface area contributed by atoms with Gasteiger partial charge in [0.15, 0.2) is 0 Å². The predicted molar refractivity (Wildman–Crippen MR) is 63.6 cm³/mol. The molecule has 0 aromatic heterocycles. The minimum atomic E-state index is -0.723. The molecule has 0 bridgehead atoms. The van der Waals surface area contributed by atoms with Gasteiger partial charge in [0.25, 0.3) is 0 Å². The molecule has 3 nitrogen and oxygen atoms in total. The van der Waals surface area contributed by atoms with E-state index in [1.54, 1.807) is 7.11 Å². The third kappa shape index (κ3) is 2.06. The van der Waals surface area contributed by atoms with Gasteiger partial charge < -0.3 is 14.7 Å². The number of nitrogens with zero attached hydrogens (tertiary/aromatic N) is 1. The summed E-state index contributed by atoms with van der Waals surface area (Å²) in [6, 6.07) is 7.75. The number of methoxy groups -OCH3 is 1. The van der Waals surface area contributed by atoms with Crippen LogP contribution in [0.3, 0.4) is 0 Å². The standard InChI is InChI=1S/C13H19NO2/c1-14-9-7-13(15,8-10-14)11-5-3-4-6-12(11)16-2/h3-6,15H,7-10H2,1-2H3. The zero-order valence-corrected chi connectivity index (χ0v) is 9.94. The normalized spacial score (nSPS) is 20.7. The van der Waals surface area contributed by atoms with E-state index in [-0.39, 0.29) is 0 Å². The Morgan fingerprint density at radius 3 is 2.50 bits per heavy atom. The van der Waals surface area contributed by atoms with Crippen LogP contribution in [0.15, 0.2) is 24.3 Å². The van der Waals surface area contributed by atoms with E-state index in [0.29, 0.717) is 0 Å². The van der Waals surface area contributed by atoms with E-state index < -0.39 is 5.60 Å². The van der Waals surface area contributed by atoms with E-state index >= 15 is 0 Å². The number of benzene rings is 1. The number of ether oxygens (including phenoxy) is 1. The highest BCUT2D eigenvalue weighted by Crippen LogP contribution is 2.37. The Morgan fingerprint density at radius 2 is 1.88 bits per heavy atom. The Bertz CT molecular complexity index is 357. The van der Waals surface area contributed by atoms with Gasteiger partial charge >= 0.3 is 0 Å². The Labute approximate surface area is 96.6 Å². The summed E-state index contributed by atoms with van der Waals surface area (Å²) in [5.41, 5.74) is 0.199. The fourth-order valence-electron chi connectivity index (χ4n) is 2.29. The number of para-hydroxylation sites is 1. The Morgan fingerprint density at radius 1 is 1.25 bits per heavy atom. The average molecular weight is 221 g/mol. The number of piperidine rings is 1. The van der Waals surface area contributed by atoms with Crippen molar-refractivity contribution < 1.29 is 9.84 Å². The lowest BCUT2D eigenvalue weighted by Gasteiger charge is -2.37. The summed E-state index contributed by atoms with van der Waals surface area (Å²) in [7, 11) is 3.74. The summed E-state index contributed by atoms with van der Waals surface area (Å²) in [6.07, 6.45) is 1.54. The minimum absolute atomic E-state index is 0.723. The van der Waals surface area contributed by atoms with Gasteiger partial charge in [-0.25, -0.2) is 0 Å². The average Bonchev–Trinajstić information content (AvgIpc) is 2.33. The molecule has 0 unspecified atom stereocenters. The van der Waals surface area contributed by atoms with Crippen LogP contribution in [0.4, 0.5) is 0 Å². The van der Waals surface area contributed by atoms with Crippen molar-refractivity contribution in [2.24, 2.45) is 0 Å². The molecule has 3 heteroatoms. The van der Waals surface area contributed by atoms with Gasteiger partial charge in [-0.2, -0.15) is 0 Å². The van der Waals surface area contributed by atoms with Crippen molar-refractivity contribution >= 4 is 0 Å². The van der Waals surface area contributed by atoms with Gasteiger partial charge in [-0.3, -0.25) is 0 Å². The summed E-state index contributed by atoms with van der Waals surface area (Å²) in [5, 5.41) is 10.7. The van der Waals surface area contributed by atoms with Crippen molar-refractivity contribution in [3.8, 4) is 5.75 Å². The van der Waals surface area contributed by atoms with Crippen molar-refractivity contribution in [2.75, 3.05) is 27.2 Å². The molecule has 0 saturated carbocycles. The Balaban J connectivity index is 2.28. The monoisotopic (exact) mass is 221 g/mol. The van der Waals surface area contributed by atoms with Crippen LogP contribution in [0.5, 0.6) is 5.75 Å². The van der Waals surface area contributed by atoms with E-state index in [9.17, 15) is 5.11 Å². The van der Waals surface area contributed by atoms with Gasteiger partial charge in [0, 0.05) is 18.7 Å². The van der Waals surface area contributed by atoms with Gasteiger partial charge in [0.1, 0.15) is 5.75 Å². The third-order valence-corrected chi connectivity index (χ3v) is 3.42. The molecule has 0 spiro atoms. The summed E-state index contributed by atoms with van der Waals surface area (Å²) in [4.78, 5) is 2.24. The van der Waals surface area contributed by atoms with E-state index in [4.69, 9.17) is 4.74 Å². The SMILES string of the molecule is COc1ccccc1C1(O)CCN(C)CC1. The van der Waals surface area contributed by atoms with Crippen molar-refractivity contribution in [2.45, 2.75) is 18.4 Å². The number of rotatable bonds is 2. The van der Waals surface area contributed by atoms with Crippen LogP contribution in [-0.2, 0) is 5.60 Å². The molecule has 1 aliphatic heterocycles. The molecule has 1 N–H and O–H groups in total. The van der Waals surface area contributed by atoms with Gasteiger partial charge in [-0.05, 0) is 26.0 Å². The molecule has 0 radical (unpaired) electrons. The lowest BCUT2D eigenvalue weighted by molar-refractivity contribution is -0.0219. The van der Waals surface area contributed by atoms with E-state index in [0.717, 1.165) is 37.2 Å². The van der Waals surface area contributed by atoms with Crippen molar-refractivity contribution in [1.29, 1.82) is 0 Å². The van der Waals surface area contributed by atoms with Gasteiger partial charge in [0.2, 0.25) is 0 Å². The zero-order chi connectivity index (χ0) is 11.6. The van der Waals surface area contributed by atoms with Gasteiger partial charge in [0.05, 0.1) is 12.7 Å². The molecule has 1 heterocycles. The van der Waals surface area contributed by atoms with Crippen LogP contribution in [0.1, 0.15) is 18.4 Å². The van der Waals surface area contributed by atoms with Crippen LogP contribution in [-0.4, -0.2) is 37.3 Å². The summed E-state index contributed by atoms with van der Waals surface area (Å²) < 4.78 is 5.32. The topological polar surface area (TPSA) is 32.7 Å². The Hall–Kier alpha value is -1.06. The van der Waals surface area contributed by atoms with E-state index in [1.807, 2.05) is 24.3 Å². The molecule has 1 aromatic rings. The van der Waals surface area contributed by atoms with Gasteiger partial charge in [-0.1, -0.05) is 18.2 Å². The fourth-order valence-corrected chi connectivity index (χ4v) is 2.29. The maximum absolute atomic E-state index is 10.7. The first-order chi connectivity index (χ1) is 7.65. The zero-order valence-electron chi connectivity index (χ0n) is 9.94. The lowest BCUT2D eigenvalue weighted by Crippen LogP contribution is -2.40. The van der Waals surface area contributed by atoms with Crippen molar-refractivity contribution in [3.05, 3.63) is 29.8 Å². The van der Waals surface area contributed by atoms with Crippen molar-refractivity contribution in [1.82, 2.24) is 4.90 Å². The molecule has 0 atom stereocenters. The van der Waals surface area contributed by atoms with E-state index in [1.165, 1.54) is 0 Å². The maximum atomic E-state index is 10.7. The highest BCUT2D eigenvalue weighted by Gasteiger charge is 2.34. The number of hydrogen-bond donors (Lipinski definition) is 1. The smallest absolute Gasteiger partial charge is 0.124 e. The fraction of sp³-hybridized carbons (Fsp3) is 0.538. The minimum Gasteiger partial charge on any atom is -0.496 e. The molecule has 1 aliphatic rings. The van der Waals surface area contributed by atoms with Crippen LogP contribution in [0.2, 0.25) is 0 Å². The lowest BCUT2D eigenvalue weighted by atomic mass is 9.84. The van der Waals surface area contributed by atoms with Crippen molar-refractivity contribution in [3.63, 3.8) is 0 Å². The number of hydrogen-bond acceptors (Lipinski definition) is 3. The molecule has 1 saturated heterocycles. The van der Waals surface area contributed by atoms with E-state index in [2.05, 4.69) is 11.9 Å². The molecule has 16 heavy (non-hydrogen) atoms. The summed E-state index contributed by atoms with van der Waals surface area (Å²) >= 11 is 0. The molecule has 1 aromatic carbocycles. The first kappa shape index (κ1) is 11.4. The largest absolute Gasteiger partial charge is 0.496 e. The predicted octanol–water partition coefficient (Wildman–Crippen LogP) is 1.61. The third-order valence-electron chi connectivity index (χ3n) is 3.42. The molecular weight excluding hydrogens is 202 g/mol. The molecular formula is C13H19NO2. The van der Waals surface area contributed by atoms with Crippen LogP contribution in [0, 0.1) is 0 Å². The van der Waals surface area contributed by atoms with Crippen LogP contribution >= 0.6 is 0 Å². The highest BCUT2D eigenvalue weighted by molar-refractivity contribution is 5.38. The van der Waals surface area contributed by atoms with Gasteiger partial charge in [-0.15, -0.1) is 0 Å².